The fourth-order valence-corrected chi connectivity index (χ4v) is 1.80. The predicted octanol–water partition coefficient (Wildman–Crippen LogP) is 0.120. The summed E-state index contributed by atoms with van der Waals surface area (Å²) in [6.45, 7) is 1.68. The molecule has 0 unspecified atom stereocenters. The number of amides is 2. The normalized spacial score (nSPS) is 21.0. The van der Waals surface area contributed by atoms with Crippen LogP contribution in [0.5, 0.6) is 0 Å². The van der Waals surface area contributed by atoms with Gasteiger partial charge in [0, 0.05) is 20.3 Å². The van der Waals surface area contributed by atoms with Gasteiger partial charge in [0.05, 0.1) is 5.69 Å². The number of hydrogen-bond acceptors (Lipinski definition) is 2. The summed E-state index contributed by atoms with van der Waals surface area (Å²) in [7, 11) is 3.46. The first-order valence-corrected chi connectivity index (χ1v) is 4.76. The van der Waals surface area contributed by atoms with Gasteiger partial charge >= 0.3 is 0 Å². The smallest absolute Gasteiger partial charge is 0.270 e. The van der Waals surface area contributed by atoms with Gasteiger partial charge in [0.2, 0.25) is 5.91 Å². The topological polar surface area (TPSA) is 54.3 Å². The zero-order valence-corrected chi connectivity index (χ0v) is 8.94. The second kappa shape index (κ2) is 3.12. The van der Waals surface area contributed by atoms with E-state index in [0.717, 1.165) is 0 Å². The molecule has 0 aromatic carbocycles. The Hall–Kier alpha value is -1.78. The lowest BCUT2D eigenvalue weighted by atomic mass is 10.3. The Bertz CT molecular complexity index is 436. The van der Waals surface area contributed by atoms with Crippen LogP contribution in [-0.4, -0.2) is 29.5 Å². The van der Waals surface area contributed by atoms with E-state index in [4.69, 9.17) is 0 Å². The second-order valence-corrected chi connectivity index (χ2v) is 3.75. The van der Waals surface area contributed by atoms with Crippen LogP contribution in [0.15, 0.2) is 12.3 Å². The molecule has 1 aromatic heterocycles. The maximum Gasteiger partial charge on any atom is 0.270 e. The SMILES string of the molecule is C[C@@H]1NC(=O)c2c(ccn2C)N(C)C1=O. The van der Waals surface area contributed by atoms with Crippen molar-refractivity contribution >= 4 is 17.5 Å². The quantitative estimate of drug-likeness (QED) is 0.657. The second-order valence-electron chi connectivity index (χ2n) is 3.75. The number of anilines is 1. The number of nitrogens with one attached hydrogen (secondary N) is 1. The summed E-state index contributed by atoms with van der Waals surface area (Å²) >= 11 is 0. The molecule has 0 bridgehead atoms. The number of carbonyl (C=O) groups excluding carboxylic acids is 2. The van der Waals surface area contributed by atoms with Crippen LogP contribution in [0.1, 0.15) is 17.4 Å². The van der Waals surface area contributed by atoms with Crippen molar-refractivity contribution in [2.45, 2.75) is 13.0 Å². The molecule has 0 fully saturated rings. The van der Waals surface area contributed by atoms with Crippen molar-refractivity contribution < 1.29 is 9.59 Å². The average molecular weight is 207 g/mol. The lowest BCUT2D eigenvalue weighted by Gasteiger charge is -2.16. The van der Waals surface area contributed by atoms with Crippen molar-refractivity contribution in [3.05, 3.63) is 18.0 Å². The molecule has 0 saturated carbocycles. The van der Waals surface area contributed by atoms with Crippen LogP contribution in [0.3, 0.4) is 0 Å². The minimum atomic E-state index is -0.477. The highest BCUT2D eigenvalue weighted by molar-refractivity contribution is 6.09. The highest BCUT2D eigenvalue weighted by Crippen LogP contribution is 2.23. The molecular formula is C10H13N3O2. The van der Waals surface area contributed by atoms with Gasteiger partial charge in [-0.2, -0.15) is 0 Å². The summed E-state index contributed by atoms with van der Waals surface area (Å²) in [6.07, 6.45) is 1.77. The molecule has 1 aliphatic rings. The minimum absolute atomic E-state index is 0.103. The van der Waals surface area contributed by atoms with Crippen molar-refractivity contribution in [1.29, 1.82) is 0 Å². The summed E-state index contributed by atoms with van der Waals surface area (Å²) in [5, 5.41) is 2.65. The van der Waals surface area contributed by atoms with E-state index >= 15 is 0 Å². The van der Waals surface area contributed by atoms with Gasteiger partial charge in [-0.05, 0) is 13.0 Å². The zero-order chi connectivity index (χ0) is 11.2. The molecule has 15 heavy (non-hydrogen) atoms. The Balaban J connectivity index is 2.58. The van der Waals surface area contributed by atoms with Gasteiger partial charge in [-0.15, -0.1) is 0 Å². The molecule has 5 nitrogen and oxygen atoms in total. The highest BCUT2D eigenvalue weighted by atomic mass is 16.2. The first-order chi connectivity index (χ1) is 7.02. The Labute approximate surface area is 87.7 Å². The van der Waals surface area contributed by atoms with Crippen LogP contribution in [0, 0.1) is 0 Å². The van der Waals surface area contributed by atoms with Gasteiger partial charge in [-0.25, -0.2) is 0 Å². The largest absolute Gasteiger partial charge is 0.345 e. The van der Waals surface area contributed by atoms with E-state index in [2.05, 4.69) is 5.32 Å². The number of aryl methyl sites for hydroxylation is 1. The van der Waals surface area contributed by atoms with Crippen LogP contribution in [0.4, 0.5) is 5.69 Å². The number of rotatable bonds is 0. The van der Waals surface area contributed by atoms with E-state index in [1.807, 2.05) is 0 Å². The van der Waals surface area contributed by atoms with E-state index < -0.39 is 6.04 Å². The van der Waals surface area contributed by atoms with Crippen LogP contribution >= 0.6 is 0 Å². The number of carbonyl (C=O) groups is 2. The number of nitrogens with zero attached hydrogens (tertiary/aromatic N) is 2. The van der Waals surface area contributed by atoms with Crippen LogP contribution in [0.25, 0.3) is 0 Å². The molecule has 0 aliphatic carbocycles. The summed E-state index contributed by atoms with van der Waals surface area (Å²) in [5.74, 6) is -0.309. The van der Waals surface area contributed by atoms with Gasteiger partial charge in [0.1, 0.15) is 11.7 Å². The molecule has 0 spiro atoms. The van der Waals surface area contributed by atoms with Crippen molar-refractivity contribution in [1.82, 2.24) is 9.88 Å². The number of hydrogen-bond donors (Lipinski definition) is 1. The minimum Gasteiger partial charge on any atom is -0.345 e. The lowest BCUT2D eigenvalue weighted by molar-refractivity contribution is -0.119. The first kappa shape index (κ1) is 9.76. The molecule has 0 saturated heterocycles. The van der Waals surface area contributed by atoms with Gasteiger partial charge in [-0.1, -0.05) is 0 Å². The number of fused-ring (bicyclic) bond motifs is 1. The summed E-state index contributed by atoms with van der Waals surface area (Å²) in [4.78, 5) is 25.1. The van der Waals surface area contributed by atoms with Gasteiger partial charge in [0.25, 0.3) is 5.91 Å². The predicted molar refractivity (Wildman–Crippen MR) is 55.8 cm³/mol. The Morgan fingerprint density at radius 2 is 2.00 bits per heavy atom. The summed E-state index contributed by atoms with van der Waals surface area (Å²) in [5.41, 5.74) is 1.18. The summed E-state index contributed by atoms with van der Waals surface area (Å²) in [6, 6.07) is 1.29. The van der Waals surface area contributed by atoms with Gasteiger partial charge in [-0.3, -0.25) is 9.59 Å². The highest BCUT2D eigenvalue weighted by Gasteiger charge is 2.30. The molecule has 0 radical (unpaired) electrons. The molecule has 1 atom stereocenters. The molecule has 2 amide bonds. The molecule has 80 valence electrons. The number of likely N-dealkylation sites (N-methyl/N-ethyl adjacent to an activating group) is 1. The fourth-order valence-electron chi connectivity index (χ4n) is 1.80. The third kappa shape index (κ3) is 1.31. The number of aromatic nitrogens is 1. The van der Waals surface area contributed by atoms with Crippen molar-refractivity contribution in [3.8, 4) is 0 Å². The zero-order valence-electron chi connectivity index (χ0n) is 8.94. The molecule has 1 aromatic rings. The van der Waals surface area contributed by atoms with Crippen LogP contribution < -0.4 is 10.2 Å². The maximum absolute atomic E-state index is 11.8. The molecule has 2 rings (SSSR count). The van der Waals surface area contributed by atoms with E-state index in [1.165, 1.54) is 4.90 Å². The van der Waals surface area contributed by atoms with Crippen LogP contribution in [0.2, 0.25) is 0 Å². The van der Waals surface area contributed by atoms with E-state index in [9.17, 15) is 9.59 Å². The van der Waals surface area contributed by atoms with Crippen molar-refractivity contribution in [2.24, 2.45) is 7.05 Å². The van der Waals surface area contributed by atoms with Gasteiger partial charge in [0.15, 0.2) is 0 Å². The maximum atomic E-state index is 11.8. The third-order valence-corrected chi connectivity index (χ3v) is 2.68. The van der Waals surface area contributed by atoms with E-state index in [0.29, 0.717) is 11.4 Å². The van der Waals surface area contributed by atoms with Crippen molar-refractivity contribution in [2.75, 3.05) is 11.9 Å². The first-order valence-electron chi connectivity index (χ1n) is 4.76. The van der Waals surface area contributed by atoms with E-state index in [1.54, 1.807) is 37.8 Å². The summed E-state index contributed by atoms with van der Waals surface area (Å²) < 4.78 is 1.71. The molecule has 1 aliphatic heterocycles. The Morgan fingerprint density at radius 3 is 2.67 bits per heavy atom. The molecule has 1 N–H and O–H groups in total. The molecular weight excluding hydrogens is 194 g/mol. The fraction of sp³-hybridized carbons (Fsp3) is 0.400. The Kier molecular flexibility index (Phi) is 2.03. The standard InChI is InChI=1S/C10H13N3O2/c1-6-10(15)13(3)7-4-5-12(2)8(7)9(14)11-6/h4-6H,1-3H3,(H,11,14)/t6-/m0/s1. The average Bonchev–Trinajstić information content (AvgIpc) is 2.54. The monoisotopic (exact) mass is 207 g/mol. The Morgan fingerprint density at radius 1 is 1.33 bits per heavy atom. The molecule has 5 heteroatoms. The lowest BCUT2D eigenvalue weighted by Crippen LogP contribution is -2.42. The van der Waals surface area contributed by atoms with Crippen molar-refractivity contribution in [3.63, 3.8) is 0 Å². The third-order valence-electron chi connectivity index (χ3n) is 2.68. The van der Waals surface area contributed by atoms with Gasteiger partial charge < -0.3 is 14.8 Å². The van der Waals surface area contributed by atoms with E-state index in [-0.39, 0.29) is 11.8 Å². The van der Waals surface area contributed by atoms with Crippen LogP contribution in [-0.2, 0) is 11.8 Å². The molecule has 2 heterocycles.